The topological polar surface area (TPSA) is 91.7 Å². The van der Waals surface area contributed by atoms with Crippen LogP contribution >= 0.6 is 0 Å². The Bertz CT molecular complexity index is 1580. The lowest BCUT2D eigenvalue weighted by Crippen LogP contribution is -2.52. The molecule has 10 nitrogen and oxygen atoms in total. The fourth-order valence-electron chi connectivity index (χ4n) is 5.96. The maximum Gasteiger partial charge on any atom is 0.387 e. The van der Waals surface area contributed by atoms with E-state index >= 15 is 0 Å². The van der Waals surface area contributed by atoms with Crippen molar-refractivity contribution in [2.45, 2.75) is 32.3 Å². The zero-order chi connectivity index (χ0) is 27.4. The predicted molar refractivity (Wildman–Crippen MR) is 144 cm³/mol. The lowest BCUT2D eigenvalue weighted by Gasteiger charge is -2.36. The quantitative estimate of drug-likeness (QED) is 0.420. The highest BCUT2D eigenvalue weighted by Crippen LogP contribution is 2.32. The number of benzene rings is 2. The number of carbonyl (C=O) groups excluding carboxylic acids is 1. The number of nitrogens with zero attached hydrogens (tertiary/aromatic N) is 7. The van der Waals surface area contributed by atoms with Gasteiger partial charge in [-0.15, -0.1) is 0 Å². The monoisotopic (exact) mass is 546 g/mol. The molecule has 0 bridgehead atoms. The summed E-state index contributed by atoms with van der Waals surface area (Å²) in [5, 5.41) is 2.89. The van der Waals surface area contributed by atoms with Gasteiger partial charge in [-0.25, -0.2) is 19.7 Å². The summed E-state index contributed by atoms with van der Waals surface area (Å²) in [7, 11) is 1.99. The van der Waals surface area contributed by atoms with Crippen LogP contribution in [0.2, 0.25) is 0 Å². The minimum Gasteiger partial charge on any atom is -0.434 e. The van der Waals surface area contributed by atoms with E-state index < -0.39 is 6.61 Å². The van der Waals surface area contributed by atoms with Crippen molar-refractivity contribution in [3.8, 4) is 16.9 Å². The normalized spacial score (nSPS) is 19.2. The van der Waals surface area contributed by atoms with Crippen molar-refractivity contribution in [2.75, 3.05) is 38.1 Å². The van der Waals surface area contributed by atoms with E-state index in [1.807, 2.05) is 42.5 Å². The summed E-state index contributed by atoms with van der Waals surface area (Å²) in [6.07, 6.45) is 3.63. The maximum absolute atomic E-state index is 13.2. The van der Waals surface area contributed by atoms with E-state index in [1.54, 1.807) is 12.1 Å². The smallest absolute Gasteiger partial charge is 0.387 e. The molecule has 2 fully saturated rings. The second-order valence-corrected chi connectivity index (χ2v) is 10.5. The van der Waals surface area contributed by atoms with E-state index in [1.165, 1.54) is 0 Å². The maximum atomic E-state index is 13.2. The third-order valence-corrected chi connectivity index (χ3v) is 7.93. The van der Waals surface area contributed by atoms with Gasteiger partial charge in [0.2, 0.25) is 5.95 Å². The number of hydrogen-bond acceptors (Lipinski definition) is 7. The van der Waals surface area contributed by atoms with E-state index in [9.17, 15) is 13.6 Å². The molecule has 2 aromatic heterocycles. The Labute approximate surface area is 229 Å². The molecule has 2 amide bonds. The van der Waals surface area contributed by atoms with Gasteiger partial charge in [0.15, 0.2) is 0 Å². The Morgan fingerprint density at radius 1 is 1.05 bits per heavy atom. The summed E-state index contributed by atoms with van der Waals surface area (Å²) in [5.41, 5.74) is 5.21. The van der Waals surface area contributed by atoms with Gasteiger partial charge in [-0.3, -0.25) is 4.90 Å². The molecular formula is C28H28F2N8O2. The van der Waals surface area contributed by atoms with Gasteiger partial charge in [0.25, 0.3) is 0 Å². The average Bonchev–Trinajstić information content (AvgIpc) is 3.47. The van der Waals surface area contributed by atoms with Gasteiger partial charge >= 0.3 is 12.6 Å². The van der Waals surface area contributed by atoms with Crippen molar-refractivity contribution >= 4 is 23.0 Å². The average molecular weight is 547 g/mol. The predicted octanol–water partition coefficient (Wildman–Crippen LogP) is 3.30. The van der Waals surface area contributed by atoms with Crippen LogP contribution in [0.15, 0.2) is 48.8 Å². The molecule has 2 saturated heterocycles. The lowest BCUT2D eigenvalue weighted by atomic mass is 10.0. The van der Waals surface area contributed by atoms with Gasteiger partial charge in [-0.2, -0.15) is 8.78 Å². The number of halogens is 2. The second kappa shape index (κ2) is 9.70. The largest absolute Gasteiger partial charge is 0.434 e. The molecule has 0 spiro atoms. The van der Waals surface area contributed by atoms with Crippen molar-refractivity contribution in [3.05, 3.63) is 65.7 Å². The molecule has 1 unspecified atom stereocenters. The first-order valence-electron chi connectivity index (χ1n) is 13.3. The van der Waals surface area contributed by atoms with Crippen molar-refractivity contribution < 1.29 is 18.3 Å². The first-order chi connectivity index (χ1) is 19.4. The Hall–Kier alpha value is -4.32. The van der Waals surface area contributed by atoms with Crippen LogP contribution in [-0.2, 0) is 19.6 Å². The first-order valence-corrected chi connectivity index (χ1v) is 13.3. The number of aromatic nitrogens is 4. The number of carbonyl (C=O) groups is 1. The van der Waals surface area contributed by atoms with E-state index in [0.717, 1.165) is 39.1 Å². The van der Waals surface area contributed by atoms with Crippen LogP contribution < -0.4 is 15.0 Å². The zero-order valence-electron chi connectivity index (χ0n) is 21.9. The number of fused-ring (bicyclic) bond motifs is 5. The van der Waals surface area contributed by atoms with Crippen LogP contribution in [-0.4, -0.2) is 81.2 Å². The van der Waals surface area contributed by atoms with Gasteiger partial charge in [-0.1, -0.05) is 18.2 Å². The molecule has 4 aromatic rings. The molecule has 40 heavy (non-hydrogen) atoms. The summed E-state index contributed by atoms with van der Waals surface area (Å²) in [6, 6.07) is 11.5. The van der Waals surface area contributed by atoms with Crippen molar-refractivity contribution in [1.29, 1.82) is 0 Å². The van der Waals surface area contributed by atoms with Crippen molar-refractivity contribution in [1.82, 2.24) is 34.6 Å². The molecule has 1 N–H and O–H groups in total. The fraction of sp³-hybridized carbons (Fsp3) is 0.357. The first kappa shape index (κ1) is 24.7. The number of amides is 2. The van der Waals surface area contributed by atoms with Crippen LogP contribution in [0.3, 0.4) is 0 Å². The Kier molecular flexibility index (Phi) is 5.99. The van der Waals surface area contributed by atoms with Gasteiger partial charge in [0, 0.05) is 56.2 Å². The SMILES string of the molecule is CN1Cc2cccc(OC(F)F)c2Cn2c(nc3ccc(-c4cnc(N5CCN6C(=O)NCC6C5)nc4)cc32)C1. The number of nitrogens with one attached hydrogen (secondary N) is 1. The molecule has 1 atom stereocenters. The summed E-state index contributed by atoms with van der Waals surface area (Å²) < 4.78 is 33.4. The number of urea groups is 1. The van der Waals surface area contributed by atoms with Crippen LogP contribution in [0.4, 0.5) is 19.5 Å². The van der Waals surface area contributed by atoms with Gasteiger partial charge in [0.1, 0.15) is 11.6 Å². The third kappa shape index (κ3) is 4.37. The molecule has 5 heterocycles. The number of anilines is 1. The van der Waals surface area contributed by atoms with E-state index in [0.29, 0.717) is 51.8 Å². The number of alkyl halides is 2. The number of ether oxygens (including phenoxy) is 1. The number of piperazine rings is 1. The van der Waals surface area contributed by atoms with Crippen LogP contribution in [0.25, 0.3) is 22.2 Å². The molecule has 7 rings (SSSR count). The van der Waals surface area contributed by atoms with Gasteiger partial charge < -0.3 is 24.4 Å². The standard InChI is InChI=1S/C28H28F2N8O2/c1-35-13-18-3-2-4-24(40-26(29)30)21(18)15-38-23-9-17(5-6-22(23)34-25(38)16-35)19-10-31-27(32-11-19)36-7-8-37-20(14-36)12-33-28(37)39/h2-6,9-11,20,26H,7-8,12-16H2,1H3,(H,33,39). The third-order valence-electron chi connectivity index (χ3n) is 7.93. The Balaban J connectivity index is 1.20. The Morgan fingerprint density at radius 2 is 1.90 bits per heavy atom. The minimum absolute atomic E-state index is 0.00222. The molecule has 206 valence electrons. The highest BCUT2D eigenvalue weighted by Gasteiger charge is 2.36. The van der Waals surface area contributed by atoms with Crippen molar-refractivity contribution in [3.63, 3.8) is 0 Å². The fourth-order valence-corrected chi connectivity index (χ4v) is 5.96. The molecule has 12 heteroatoms. The number of imidazole rings is 1. The number of rotatable bonds is 4. The minimum atomic E-state index is -2.90. The molecule has 3 aliphatic heterocycles. The van der Waals surface area contributed by atoms with Crippen molar-refractivity contribution in [2.24, 2.45) is 0 Å². The summed E-state index contributed by atoms with van der Waals surface area (Å²) in [6.45, 7) is 1.37. The summed E-state index contributed by atoms with van der Waals surface area (Å²) in [4.78, 5) is 32.2. The van der Waals surface area contributed by atoms with E-state index in [4.69, 9.17) is 9.72 Å². The van der Waals surface area contributed by atoms with Crippen LogP contribution in [0.5, 0.6) is 5.75 Å². The van der Waals surface area contributed by atoms with E-state index in [-0.39, 0.29) is 17.8 Å². The lowest BCUT2D eigenvalue weighted by molar-refractivity contribution is -0.0505. The van der Waals surface area contributed by atoms with Crippen LogP contribution in [0, 0.1) is 0 Å². The Morgan fingerprint density at radius 3 is 2.73 bits per heavy atom. The number of hydrogen-bond donors (Lipinski definition) is 1. The molecule has 3 aliphatic rings. The highest BCUT2D eigenvalue weighted by atomic mass is 19.3. The molecule has 2 aromatic carbocycles. The zero-order valence-corrected chi connectivity index (χ0v) is 21.9. The molecule has 0 radical (unpaired) electrons. The highest BCUT2D eigenvalue weighted by molar-refractivity contribution is 5.83. The van der Waals surface area contributed by atoms with Gasteiger partial charge in [-0.05, 0) is 36.4 Å². The summed E-state index contributed by atoms with van der Waals surface area (Å²) in [5.74, 6) is 1.69. The molecule has 0 aliphatic carbocycles. The van der Waals surface area contributed by atoms with Gasteiger partial charge in [0.05, 0.1) is 30.2 Å². The van der Waals surface area contributed by atoms with Crippen LogP contribution in [0.1, 0.15) is 17.0 Å². The molecular weight excluding hydrogens is 518 g/mol. The molecule has 0 saturated carbocycles. The second-order valence-electron chi connectivity index (χ2n) is 10.5. The van der Waals surface area contributed by atoms with E-state index in [2.05, 4.69) is 35.7 Å². The summed E-state index contributed by atoms with van der Waals surface area (Å²) >= 11 is 0.